The Balaban J connectivity index is 0.00000324. The number of carboxylic acid groups (broad SMARTS) is 1. The Kier molecular flexibility index (Phi) is 8.18. The van der Waals surface area contributed by atoms with Crippen molar-refractivity contribution in [2.24, 2.45) is 0 Å². The van der Waals surface area contributed by atoms with E-state index in [-0.39, 0.29) is 42.0 Å². The van der Waals surface area contributed by atoms with Crippen LogP contribution in [0.3, 0.4) is 0 Å². The third kappa shape index (κ3) is 5.51. The molecule has 0 amide bonds. The zero-order valence-corrected chi connectivity index (χ0v) is 20.2. The van der Waals surface area contributed by atoms with Crippen LogP contribution in [0.4, 0.5) is 4.39 Å². The summed E-state index contributed by atoms with van der Waals surface area (Å²) in [6, 6.07) is 18.2. The van der Waals surface area contributed by atoms with Crippen molar-refractivity contribution in [3.8, 4) is 11.5 Å². The minimum absolute atomic E-state index is 0. The quantitative estimate of drug-likeness (QED) is 0.436. The van der Waals surface area contributed by atoms with E-state index in [0.717, 1.165) is 28.0 Å². The number of aryl methyl sites for hydroxylation is 1. The molecular weight excluding hydrogens is 457 g/mol. The number of hydrogen-bond acceptors (Lipinski definition) is 4. The van der Waals surface area contributed by atoms with Crippen LogP contribution in [-0.2, 0) is 0 Å². The molecule has 5 nitrogen and oxygen atoms in total. The van der Waals surface area contributed by atoms with E-state index in [1.165, 1.54) is 13.2 Å². The molecule has 3 aromatic rings. The van der Waals surface area contributed by atoms with Crippen molar-refractivity contribution in [1.82, 2.24) is 5.32 Å². The Morgan fingerprint density at radius 2 is 1.97 bits per heavy atom. The molecule has 0 aromatic heterocycles. The van der Waals surface area contributed by atoms with Crippen molar-refractivity contribution in [3.63, 3.8) is 0 Å². The number of rotatable bonds is 7. The molecule has 0 unspecified atom stereocenters. The molecule has 2 N–H and O–H groups in total. The van der Waals surface area contributed by atoms with Crippen LogP contribution in [-0.4, -0.2) is 30.8 Å². The van der Waals surface area contributed by atoms with Crippen molar-refractivity contribution < 1.29 is 23.8 Å². The predicted octanol–water partition coefficient (Wildman–Crippen LogP) is 5.90. The lowest BCUT2D eigenvalue weighted by atomic mass is 9.83. The van der Waals surface area contributed by atoms with Gasteiger partial charge in [-0.3, -0.25) is 0 Å². The average Bonchev–Trinajstić information content (AvgIpc) is 2.81. The van der Waals surface area contributed by atoms with Crippen molar-refractivity contribution in [2.75, 3.05) is 13.7 Å². The Morgan fingerprint density at radius 1 is 1.21 bits per heavy atom. The smallest absolute Gasteiger partial charge is 0.335 e. The average molecular weight is 486 g/mol. The lowest BCUT2D eigenvalue weighted by Gasteiger charge is -2.33. The van der Waals surface area contributed by atoms with Gasteiger partial charge in [0.1, 0.15) is 11.9 Å². The lowest BCUT2D eigenvalue weighted by molar-refractivity contribution is 0.0696. The Hall–Kier alpha value is -3.09. The van der Waals surface area contributed by atoms with Crippen LogP contribution < -0.4 is 14.8 Å². The number of halogens is 2. The van der Waals surface area contributed by atoms with Gasteiger partial charge in [0.05, 0.1) is 12.7 Å². The van der Waals surface area contributed by atoms with Crippen LogP contribution in [0, 0.1) is 12.7 Å². The molecule has 3 atom stereocenters. The van der Waals surface area contributed by atoms with Gasteiger partial charge in [0.25, 0.3) is 0 Å². The zero-order chi connectivity index (χ0) is 23.5. The van der Waals surface area contributed by atoms with Gasteiger partial charge in [-0.2, -0.15) is 0 Å². The number of aromatic carboxylic acids is 1. The number of methoxy groups -OCH3 is 1. The van der Waals surface area contributed by atoms with Gasteiger partial charge in [-0.15, -0.1) is 12.4 Å². The molecule has 0 saturated carbocycles. The summed E-state index contributed by atoms with van der Waals surface area (Å²) in [5, 5.41) is 13.0. The summed E-state index contributed by atoms with van der Waals surface area (Å²) in [5.74, 6) is -0.252. The standard InChI is InChI=1S/C27H28FNO4.ClH/c1-16-10-19(12-20(11-16)27(30)31)23-14-21(33-25-7-5-4-6-22(23)25)15-29-17(2)18-8-9-24(28)26(13-18)32-3;/h4-13,17,21,23,29H,14-15H2,1-3H3,(H,30,31);1H/t17-,21-,23+;/m1./s1. The number of para-hydroxylation sites is 1. The van der Waals surface area contributed by atoms with Crippen LogP contribution in [0.2, 0.25) is 0 Å². The first-order valence-electron chi connectivity index (χ1n) is 11.0. The number of hydrogen-bond donors (Lipinski definition) is 2. The van der Waals surface area contributed by atoms with Gasteiger partial charge in [-0.05, 0) is 67.3 Å². The van der Waals surface area contributed by atoms with E-state index in [1.54, 1.807) is 24.3 Å². The molecule has 3 aromatic carbocycles. The third-order valence-electron chi connectivity index (χ3n) is 6.16. The van der Waals surface area contributed by atoms with Crippen LogP contribution in [0.1, 0.15) is 57.9 Å². The van der Waals surface area contributed by atoms with Gasteiger partial charge in [-0.1, -0.05) is 30.3 Å². The van der Waals surface area contributed by atoms with Gasteiger partial charge in [-0.25, -0.2) is 9.18 Å². The summed E-state index contributed by atoms with van der Waals surface area (Å²) in [7, 11) is 1.45. The SMILES string of the molecule is COc1cc([C@@H](C)NC[C@H]2C[C@@H](c3cc(C)cc(C(=O)O)c3)c3ccccc3O2)ccc1F.Cl. The summed E-state index contributed by atoms with van der Waals surface area (Å²) in [4.78, 5) is 11.6. The molecule has 0 aliphatic carbocycles. The maximum absolute atomic E-state index is 13.8. The highest BCUT2D eigenvalue weighted by Gasteiger charge is 2.30. The van der Waals surface area contributed by atoms with Gasteiger partial charge < -0.3 is 19.9 Å². The fourth-order valence-electron chi connectivity index (χ4n) is 4.44. The Morgan fingerprint density at radius 3 is 2.71 bits per heavy atom. The first-order valence-corrected chi connectivity index (χ1v) is 11.0. The van der Waals surface area contributed by atoms with Crippen molar-refractivity contribution in [3.05, 3.63) is 94.3 Å². The second kappa shape index (κ2) is 10.9. The number of ether oxygens (including phenoxy) is 2. The largest absolute Gasteiger partial charge is 0.494 e. The summed E-state index contributed by atoms with van der Waals surface area (Å²) >= 11 is 0. The number of fused-ring (bicyclic) bond motifs is 1. The fourth-order valence-corrected chi connectivity index (χ4v) is 4.44. The van der Waals surface area contributed by atoms with Gasteiger partial charge >= 0.3 is 5.97 Å². The molecule has 0 spiro atoms. The zero-order valence-electron chi connectivity index (χ0n) is 19.4. The topological polar surface area (TPSA) is 67.8 Å². The van der Waals surface area contributed by atoms with Crippen LogP contribution in [0.25, 0.3) is 0 Å². The maximum atomic E-state index is 13.8. The summed E-state index contributed by atoms with van der Waals surface area (Å²) in [6.45, 7) is 4.52. The van der Waals surface area contributed by atoms with Crippen LogP contribution >= 0.6 is 12.4 Å². The monoisotopic (exact) mass is 485 g/mol. The number of carboxylic acids is 1. The number of benzene rings is 3. The highest BCUT2D eigenvalue weighted by atomic mass is 35.5. The molecule has 1 aliphatic rings. The van der Waals surface area contributed by atoms with E-state index < -0.39 is 5.97 Å². The molecule has 34 heavy (non-hydrogen) atoms. The molecule has 0 saturated heterocycles. The van der Waals surface area contributed by atoms with Gasteiger partial charge in [0.2, 0.25) is 0 Å². The fraction of sp³-hybridized carbons (Fsp3) is 0.296. The molecular formula is C27H29ClFNO4. The minimum atomic E-state index is -0.929. The van der Waals surface area contributed by atoms with Crippen molar-refractivity contribution in [1.29, 1.82) is 0 Å². The number of carbonyl (C=O) groups is 1. The summed E-state index contributed by atoms with van der Waals surface area (Å²) in [5.41, 5.74) is 4.17. The molecule has 0 fully saturated rings. The normalized spacial score (nSPS) is 17.6. The summed E-state index contributed by atoms with van der Waals surface area (Å²) in [6.07, 6.45) is 0.606. The van der Waals surface area contributed by atoms with Crippen LogP contribution in [0.5, 0.6) is 11.5 Å². The Bertz CT molecular complexity index is 1170. The highest BCUT2D eigenvalue weighted by molar-refractivity contribution is 5.88. The predicted molar refractivity (Wildman–Crippen MR) is 132 cm³/mol. The van der Waals surface area contributed by atoms with E-state index in [0.29, 0.717) is 18.5 Å². The molecule has 1 heterocycles. The second-order valence-electron chi connectivity index (χ2n) is 8.53. The lowest BCUT2D eigenvalue weighted by Crippen LogP contribution is -2.37. The van der Waals surface area contributed by atoms with Crippen LogP contribution in [0.15, 0.2) is 60.7 Å². The molecule has 1 aliphatic heterocycles. The third-order valence-corrected chi connectivity index (χ3v) is 6.16. The first kappa shape index (κ1) is 25.5. The molecule has 4 rings (SSSR count). The number of nitrogens with one attached hydrogen (secondary N) is 1. The maximum Gasteiger partial charge on any atom is 0.335 e. The first-order chi connectivity index (χ1) is 15.9. The highest BCUT2D eigenvalue weighted by Crippen LogP contribution is 2.40. The van der Waals surface area contributed by atoms with Crippen molar-refractivity contribution >= 4 is 18.4 Å². The molecule has 180 valence electrons. The van der Waals surface area contributed by atoms with Gasteiger partial charge in [0.15, 0.2) is 11.6 Å². The summed E-state index contributed by atoms with van der Waals surface area (Å²) < 4.78 is 25.1. The van der Waals surface area contributed by atoms with E-state index in [1.807, 2.05) is 38.1 Å². The van der Waals surface area contributed by atoms with E-state index in [4.69, 9.17) is 9.47 Å². The van der Waals surface area contributed by atoms with E-state index >= 15 is 0 Å². The second-order valence-corrected chi connectivity index (χ2v) is 8.53. The van der Waals surface area contributed by atoms with Gasteiger partial charge in [0, 0.05) is 24.1 Å². The minimum Gasteiger partial charge on any atom is -0.494 e. The molecule has 0 radical (unpaired) electrons. The molecule has 7 heteroatoms. The molecule has 0 bridgehead atoms. The van der Waals surface area contributed by atoms with E-state index in [9.17, 15) is 14.3 Å². The van der Waals surface area contributed by atoms with E-state index in [2.05, 4.69) is 11.4 Å². The Labute approximate surface area is 205 Å². The van der Waals surface area contributed by atoms with Crippen molar-refractivity contribution in [2.45, 2.75) is 38.3 Å².